The van der Waals surface area contributed by atoms with Gasteiger partial charge in [-0.3, -0.25) is 20.0 Å². The molecule has 3 unspecified atom stereocenters. The second-order valence-electron chi connectivity index (χ2n) is 5.33. The number of hydrazine groups is 1. The van der Waals surface area contributed by atoms with Crippen molar-refractivity contribution in [2.45, 2.75) is 18.5 Å². The average Bonchev–Trinajstić information content (AvgIpc) is 2.53. The Balaban J connectivity index is 1.88. The Hall–Kier alpha value is -2.30. The van der Waals surface area contributed by atoms with Crippen LogP contribution >= 0.6 is 11.6 Å². The summed E-state index contributed by atoms with van der Waals surface area (Å²) in [6.07, 6.45) is 0. The average molecular weight is 352 g/mol. The first kappa shape index (κ1) is 16.6. The first-order valence-electron chi connectivity index (χ1n) is 7.01. The Bertz CT molecular complexity index is 840. The van der Waals surface area contributed by atoms with Gasteiger partial charge in [-0.05, 0) is 12.5 Å². The van der Waals surface area contributed by atoms with Gasteiger partial charge < -0.3 is 5.21 Å². The summed E-state index contributed by atoms with van der Waals surface area (Å²) in [4.78, 5) is 30.2. The molecule has 1 saturated heterocycles. The quantitative estimate of drug-likeness (QED) is 0.347. The van der Waals surface area contributed by atoms with Crippen LogP contribution in [0, 0.1) is 12.1 Å². The minimum Gasteiger partial charge on any atom is -0.595 e. The highest BCUT2D eigenvalue weighted by atomic mass is 35.5. The summed E-state index contributed by atoms with van der Waals surface area (Å²) in [6, 6.07) is 6.60. The van der Waals surface area contributed by atoms with E-state index in [1.807, 2.05) is 0 Å². The first-order valence-corrected chi connectivity index (χ1v) is 7.44. The van der Waals surface area contributed by atoms with Crippen molar-refractivity contribution in [3.8, 4) is 0 Å². The zero-order valence-corrected chi connectivity index (χ0v) is 13.2. The second kappa shape index (κ2) is 6.30. The summed E-state index contributed by atoms with van der Waals surface area (Å²) >= 11 is 6.02. The van der Waals surface area contributed by atoms with Crippen LogP contribution in [0.4, 0.5) is 11.6 Å². The van der Waals surface area contributed by atoms with Gasteiger partial charge in [0, 0.05) is 23.9 Å². The van der Waals surface area contributed by atoms with Crippen molar-refractivity contribution in [2.75, 3.05) is 5.43 Å². The number of aromatic nitrogens is 2. The number of nitrogens with zero attached hydrogens (tertiary/aromatic N) is 2. The smallest absolute Gasteiger partial charge is 0.252 e. The molecule has 24 heavy (non-hydrogen) atoms. The van der Waals surface area contributed by atoms with E-state index in [0.717, 1.165) is 0 Å². The van der Waals surface area contributed by atoms with Gasteiger partial charge >= 0.3 is 0 Å². The van der Waals surface area contributed by atoms with Crippen LogP contribution in [0.2, 0.25) is 0 Å². The van der Waals surface area contributed by atoms with Gasteiger partial charge in [-0.15, -0.1) is 0 Å². The number of anilines is 1. The Labute approximate surface area is 141 Å². The number of hydrogen-bond acceptors (Lipinski definition) is 7. The molecule has 1 aromatic carbocycles. The van der Waals surface area contributed by atoms with E-state index >= 15 is 0 Å². The summed E-state index contributed by atoms with van der Waals surface area (Å²) in [7, 11) is 0. The maximum Gasteiger partial charge on any atom is 0.252 e. The lowest BCUT2D eigenvalue weighted by molar-refractivity contribution is -0.991. The summed E-state index contributed by atoms with van der Waals surface area (Å²) in [5.74, 6) is -0.126. The molecule has 1 aromatic heterocycles. The van der Waals surface area contributed by atoms with Crippen LogP contribution in [0.15, 0.2) is 35.1 Å². The van der Waals surface area contributed by atoms with E-state index < -0.39 is 16.8 Å². The summed E-state index contributed by atoms with van der Waals surface area (Å²) in [5.41, 5.74) is 2.57. The SMILES string of the molecule is Cc1cc(=O)[nH]c(NN2C(Cl)C(=O)C2c2cccc([NH+]([O-])O)c2)n1. The molecular weight excluding hydrogens is 338 g/mol. The molecule has 9 nitrogen and oxygen atoms in total. The van der Waals surface area contributed by atoms with Crippen molar-refractivity contribution in [3.05, 3.63) is 57.2 Å². The van der Waals surface area contributed by atoms with Gasteiger partial charge in [0.2, 0.25) is 5.95 Å². The number of aryl methyl sites for hydroxylation is 1. The Kier molecular flexibility index (Phi) is 4.35. The molecule has 1 aliphatic rings. The number of hydrogen-bond donors (Lipinski definition) is 4. The highest BCUT2D eigenvalue weighted by Gasteiger charge is 2.48. The van der Waals surface area contributed by atoms with Gasteiger partial charge in [0.25, 0.3) is 5.56 Å². The molecule has 4 N–H and O–H groups in total. The third-order valence-corrected chi connectivity index (χ3v) is 4.01. The number of quaternary nitrogens is 1. The van der Waals surface area contributed by atoms with E-state index in [0.29, 0.717) is 11.3 Å². The van der Waals surface area contributed by atoms with Crippen LogP contribution < -0.4 is 16.2 Å². The lowest BCUT2D eigenvalue weighted by Crippen LogP contribution is -2.99. The minimum absolute atomic E-state index is 0.0698. The molecule has 3 atom stereocenters. The van der Waals surface area contributed by atoms with E-state index in [9.17, 15) is 14.8 Å². The van der Waals surface area contributed by atoms with Crippen molar-refractivity contribution in [3.63, 3.8) is 0 Å². The molecule has 10 heteroatoms. The molecule has 0 radical (unpaired) electrons. The first-order chi connectivity index (χ1) is 11.4. The van der Waals surface area contributed by atoms with Crippen molar-refractivity contribution >= 4 is 29.0 Å². The number of H-pyrrole nitrogens is 1. The zero-order valence-electron chi connectivity index (χ0n) is 12.5. The number of carbonyl (C=O) groups excluding carboxylic acids is 1. The van der Waals surface area contributed by atoms with Crippen molar-refractivity contribution < 1.29 is 15.2 Å². The van der Waals surface area contributed by atoms with Crippen molar-refractivity contribution in [2.24, 2.45) is 0 Å². The molecular formula is C14H14ClN5O4. The number of aromatic amines is 1. The predicted octanol–water partition coefficient (Wildman–Crippen LogP) is -0.000480. The van der Waals surface area contributed by atoms with Gasteiger partial charge in [0.1, 0.15) is 6.04 Å². The van der Waals surface area contributed by atoms with Crippen LogP contribution in [0.5, 0.6) is 0 Å². The number of rotatable bonds is 4. The molecule has 0 aliphatic carbocycles. The van der Waals surface area contributed by atoms with E-state index in [2.05, 4.69) is 15.4 Å². The third kappa shape index (κ3) is 3.03. The predicted molar refractivity (Wildman–Crippen MR) is 84.7 cm³/mol. The minimum atomic E-state index is -1.09. The van der Waals surface area contributed by atoms with Crippen molar-refractivity contribution in [1.29, 1.82) is 0 Å². The van der Waals surface area contributed by atoms with Gasteiger partial charge in [0.15, 0.2) is 17.0 Å². The summed E-state index contributed by atoms with van der Waals surface area (Å²) in [6.45, 7) is 1.66. The van der Waals surface area contributed by atoms with Crippen LogP contribution in [-0.2, 0) is 4.79 Å². The molecule has 0 saturated carbocycles. The maximum atomic E-state index is 12.1. The second-order valence-corrected chi connectivity index (χ2v) is 5.74. The number of alkyl halides is 1. The molecule has 2 heterocycles. The maximum absolute atomic E-state index is 12.1. The molecule has 2 aromatic rings. The molecule has 1 fully saturated rings. The molecule has 1 aliphatic heterocycles. The number of ketones is 1. The largest absolute Gasteiger partial charge is 0.595 e. The van der Waals surface area contributed by atoms with Crippen LogP contribution in [-0.4, -0.2) is 31.5 Å². The lowest BCUT2D eigenvalue weighted by Gasteiger charge is -2.43. The number of benzene rings is 1. The van der Waals surface area contributed by atoms with E-state index in [1.165, 1.54) is 23.2 Å². The fourth-order valence-electron chi connectivity index (χ4n) is 2.50. The normalized spacial score (nSPS) is 22.1. The number of halogens is 1. The molecule has 126 valence electrons. The topological polar surface area (TPSA) is 126 Å². The highest BCUT2D eigenvalue weighted by molar-refractivity contribution is 6.34. The fourth-order valence-corrected chi connectivity index (χ4v) is 2.78. The molecule has 0 bridgehead atoms. The molecule has 0 amide bonds. The number of Topliss-reactive ketones (excluding diaryl/α,β-unsaturated/α-hetero) is 1. The standard InChI is InChI=1S/C14H14ClN5O4/c1-7-5-10(21)17-14(16-7)18-19-11(12(22)13(19)15)8-3-2-4-9(6-8)20(23)24/h2-6,11,13,20,23H,1H3,(H2,16,17,18,21). The number of nitrogens with one attached hydrogen (secondary N) is 3. The van der Waals surface area contributed by atoms with E-state index in [4.69, 9.17) is 16.8 Å². The molecule has 3 rings (SSSR count). The third-order valence-electron chi connectivity index (χ3n) is 3.58. The van der Waals surface area contributed by atoms with E-state index in [-0.39, 0.29) is 23.0 Å². The monoisotopic (exact) mass is 351 g/mol. The van der Waals surface area contributed by atoms with Crippen molar-refractivity contribution in [1.82, 2.24) is 15.0 Å². The molecule has 0 spiro atoms. The Morgan fingerprint density at radius 1 is 1.42 bits per heavy atom. The summed E-state index contributed by atoms with van der Waals surface area (Å²) in [5, 5.41) is 20.5. The Morgan fingerprint density at radius 3 is 2.83 bits per heavy atom. The highest BCUT2D eigenvalue weighted by Crippen LogP contribution is 2.37. The van der Waals surface area contributed by atoms with Crippen LogP contribution in [0.3, 0.4) is 0 Å². The Morgan fingerprint density at radius 2 is 2.17 bits per heavy atom. The van der Waals surface area contributed by atoms with Gasteiger partial charge in [-0.1, -0.05) is 23.7 Å². The lowest BCUT2D eigenvalue weighted by atomic mass is 9.94. The van der Waals surface area contributed by atoms with E-state index in [1.54, 1.807) is 19.1 Å². The summed E-state index contributed by atoms with van der Waals surface area (Å²) < 4.78 is 0. The van der Waals surface area contributed by atoms with Crippen LogP contribution in [0.25, 0.3) is 0 Å². The van der Waals surface area contributed by atoms with Crippen LogP contribution in [0.1, 0.15) is 17.3 Å². The van der Waals surface area contributed by atoms with Gasteiger partial charge in [-0.2, -0.15) is 10.2 Å². The fraction of sp³-hybridized carbons (Fsp3) is 0.214. The zero-order chi connectivity index (χ0) is 17.4. The number of carbonyl (C=O) groups is 1. The van der Waals surface area contributed by atoms with Gasteiger partial charge in [-0.25, -0.2) is 10.2 Å². The van der Waals surface area contributed by atoms with Gasteiger partial charge in [0.05, 0.1) is 0 Å².